The molecule has 8 heteroatoms. The number of piperidine rings is 2. The highest BCUT2D eigenvalue weighted by Gasteiger charge is 2.30. The van der Waals surface area contributed by atoms with Crippen molar-refractivity contribution in [3.05, 3.63) is 53.6 Å². The molecule has 5 rings (SSSR count). The van der Waals surface area contributed by atoms with Gasteiger partial charge in [-0.15, -0.1) is 0 Å². The van der Waals surface area contributed by atoms with Crippen LogP contribution in [0.3, 0.4) is 0 Å². The first-order chi connectivity index (χ1) is 15.9. The molecule has 33 heavy (non-hydrogen) atoms. The Bertz CT molecular complexity index is 1130. The van der Waals surface area contributed by atoms with E-state index in [0.717, 1.165) is 68.8 Å². The lowest BCUT2D eigenvalue weighted by Gasteiger charge is -2.42. The molecule has 0 unspecified atom stereocenters. The van der Waals surface area contributed by atoms with E-state index in [1.165, 1.54) is 11.8 Å². The second-order valence-corrected chi connectivity index (χ2v) is 11.5. The number of carbonyl (C=O) groups is 1. The van der Waals surface area contributed by atoms with Gasteiger partial charge < -0.3 is 10.2 Å². The van der Waals surface area contributed by atoms with E-state index in [9.17, 15) is 13.2 Å². The number of benzene rings is 2. The normalized spacial score (nSPS) is 20.9. The van der Waals surface area contributed by atoms with Gasteiger partial charge in [0.15, 0.2) is 9.84 Å². The van der Waals surface area contributed by atoms with E-state index in [-0.39, 0.29) is 6.03 Å². The second-order valence-electron chi connectivity index (χ2n) is 9.52. The molecule has 3 heterocycles. The highest BCUT2D eigenvalue weighted by Crippen LogP contribution is 2.36. The molecule has 7 nitrogen and oxygen atoms in total. The van der Waals surface area contributed by atoms with Gasteiger partial charge in [-0.1, -0.05) is 24.3 Å². The van der Waals surface area contributed by atoms with Crippen LogP contribution < -0.4 is 10.6 Å². The number of likely N-dealkylation sites (tertiary alicyclic amines) is 2. The van der Waals surface area contributed by atoms with E-state index in [4.69, 9.17) is 0 Å². The molecule has 2 fully saturated rings. The zero-order chi connectivity index (χ0) is 23.0. The van der Waals surface area contributed by atoms with Crippen LogP contribution in [0.4, 0.5) is 16.2 Å². The molecule has 2 amide bonds. The molecule has 3 aliphatic heterocycles. The number of anilines is 1. The predicted octanol–water partition coefficient (Wildman–Crippen LogP) is 3.72. The van der Waals surface area contributed by atoms with Crippen LogP contribution in [-0.4, -0.2) is 62.7 Å². The van der Waals surface area contributed by atoms with Gasteiger partial charge in [0.05, 0.1) is 16.3 Å². The van der Waals surface area contributed by atoms with Gasteiger partial charge in [0.25, 0.3) is 0 Å². The molecule has 175 valence electrons. The minimum absolute atomic E-state index is 0.275. The quantitative estimate of drug-likeness (QED) is 0.725. The van der Waals surface area contributed by atoms with Crippen molar-refractivity contribution in [2.75, 3.05) is 37.8 Å². The molecule has 0 bridgehead atoms. The molecule has 0 aromatic heterocycles. The number of hydrogen-bond acceptors (Lipinski definition) is 5. The Morgan fingerprint density at radius 2 is 1.73 bits per heavy atom. The van der Waals surface area contributed by atoms with Gasteiger partial charge in [-0.25, -0.2) is 13.2 Å². The van der Waals surface area contributed by atoms with Crippen LogP contribution in [0.15, 0.2) is 47.4 Å². The summed E-state index contributed by atoms with van der Waals surface area (Å²) < 4.78 is 24.2. The second kappa shape index (κ2) is 9.08. The summed E-state index contributed by atoms with van der Waals surface area (Å²) in [7, 11) is -3.21. The van der Waals surface area contributed by atoms with Gasteiger partial charge in [-0.2, -0.15) is 5.32 Å². The van der Waals surface area contributed by atoms with E-state index in [1.807, 2.05) is 18.2 Å². The SMILES string of the molecule is CS(=O)(=O)c1ccccc1CN1CCC(N2CCC(c3ccc4c(c3)[N]C(=O)N4)CC2)CC1. The van der Waals surface area contributed by atoms with Gasteiger partial charge in [-0.3, -0.25) is 4.90 Å². The maximum Gasteiger partial charge on any atom is 0.346 e. The Kier molecular flexibility index (Phi) is 6.16. The van der Waals surface area contributed by atoms with Gasteiger partial charge in [0.1, 0.15) is 0 Å². The summed E-state index contributed by atoms with van der Waals surface area (Å²) in [6, 6.07) is 13.9. The van der Waals surface area contributed by atoms with Crippen LogP contribution in [0.5, 0.6) is 0 Å². The van der Waals surface area contributed by atoms with Crippen LogP contribution in [0.1, 0.15) is 42.7 Å². The van der Waals surface area contributed by atoms with Gasteiger partial charge in [0.2, 0.25) is 0 Å². The maximum absolute atomic E-state index is 12.1. The third-order valence-corrected chi connectivity index (χ3v) is 8.52. The summed E-state index contributed by atoms with van der Waals surface area (Å²) >= 11 is 0. The van der Waals surface area contributed by atoms with Crippen LogP contribution in [0, 0.1) is 0 Å². The fraction of sp³-hybridized carbons (Fsp3) is 0.480. The first-order valence-electron chi connectivity index (χ1n) is 11.8. The van der Waals surface area contributed by atoms with Crippen molar-refractivity contribution in [1.29, 1.82) is 0 Å². The van der Waals surface area contributed by atoms with Crippen molar-refractivity contribution in [1.82, 2.24) is 15.1 Å². The number of urea groups is 1. The predicted molar refractivity (Wildman–Crippen MR) is 129 cm³/mol. The maximum atomic E-state index is 12.1. The van der Waals surface area contributed by atoms with Gasteiger partial charge in [0, 0.05) is 18.8 Å². The van der Waals surface area contributed by atoms with Crippen LogP contribution in [0.2, 0.25) is 0 Å². The van der Waals surface area contributed by atoms with Crippen LogP contribution in [-0.2, 0) is 16.4 Å². The van der Waals surface area contributed by atoms with Crippen LogP contribution >= 0.6 is 0 Å². The van der Waals surface area contributed by atoms with E-state index < -0.39 is 9.84 Å². The average Bonchev–Trinajstić information content (AvgIpc) is 3.19. The minimum atomic E-state index is -3.21. The summed E-state index contributed by atoms with van der Waals surface area (Å²) in [5.74, 6) is 0.519. The molecule has 0 aliphatic carbocycles. The van der Waals surface area contributed by atoms with Crippen molar-refractivity contribution in [3.8, 4) is 0 Å². The van der Waals surface area contributed by atoms with Gasteiger partial charge in [-0.05, 0) is 87.1 Å². The smallest absolute Gasteiger partial charge is 0.304 e. The third kappa shape index (κ3) is 4.93. The lowest BCUT2D eigenvalue weighted by atomic mass is 9.87. The number of rotatable bonds is 5. The number of nitrogens with zero attached hydrogens (tertiary/aromatic N) is 3. The Morgan fingerprint density at radius 3 is 2.45 bits per heavy atom. The number of fused-ring (bicyclic) bond motifs is 1. The molecule has 2 aromatic rings. The molecular weight excluding hydrogens is 436 g/mol. The third-order valence-electron chi connectivity index (χ3n) is 7.33. The van der Waals surface area contributed by atoms with Crippen molar-refractivity contribution in [3.63, 3.8) is 0 Å². The van der Waals surface area contributed by atoms with Crippen molar-refractivity contribution >= 4 is 27.2 Å². The summed E-state index contributed by atoms with van der Waals surface area (Å²) in [6.45, 7) is 4.88. The summed E-state index contributed by atoms with van der Waals surface area (Å²) in [5, 5.41) is 6.81. The first-order valence-corrected chi connectivity index (χ1v) is 13.7. The number of amides is 2. The van der Waals surface area contributed by atoms with Crippen molar-refractivity contribution in [2.45, 2.75) is 49.1 Å². The lowest BCUT2D eigenvalue weighted by molar-refractivity contribution is 0.0843. The topological polar surface area (TPSA) is 83.8 Å². The monoisotopic (exact) mass is 467 g/mol. The molecule has 1 radical (unpaired) electrons. The zero-order valence-electron chi connectivity index (χ0n) is 19.0. The molecule has 1 N–H and O–H groups in total. The van der Waals surface area contributed by atoms with E-state index >= 15 is 0 Å². The molecule has 0 spiro atoms. The average molecular weight is 468 g/mol. The molecular formula is C25H31N4O3S. The van der Waals surface area contributed by atoms with Gasteiger partial charge >= 0.3 is 6.03 Å². The first kappa shape index (κ1) is 22.4. The fourth-order valence-corrected chi connectivity index (χ4v) is 6.47. The molecule has 2 saturated heterocycles. The van der Waals surface area contributed by atoms with E-state index in [2.05, 4.69) is 32.6 Å². The number of sulfone groups is 1. The Hall–Kier alpha value is -2.42. The summed E-state index contributed by atoms with van der Waals surface area (Å²) in [6.07, 6.45) is 5.79. The van der Waals surface area contributed by atoms with E-state index in [0.29, 0.717) is 23.4 Å². The Labute approximate surface area is 196 Å². The highest BCUT2D eigenvalue weighted by atomic mass is 32.2. The number of carbonyl (C=O) groups excluding carboxylic acids is 1. The van der Waals surface area contributed by atoms with Crippen molar-refractivity contribution in [2.24, 2.45) is 0 Å². The highest BCUT2D eigenvalue weighted by molar-refractivity contribution is 7.90. The number of hydrogen-bond donors (Lipinski definition) is 1. The Balaban J connectivity index is 1.13. The summed E-state index contributed by atoms with van der Waals surface area (Å²) in [5.41, 5.74) is 3.77. The fourth-order valence-electron chi connectivity index (χ4n) is 5.53. The molecule has 2 aromatic carbocycles. The number of nitrogens with one attached hydrogen (secondary N) is 1. The zero-order valence-corrected chi connectivity index (χ0v) is 19.9. The molecule has 0 atom stereocenters. The standard InChI is InChI=1S/C25H31N4O3S/c1-33(31,32)24-5-3-2-4-20(24)17-28-12-10-21(11-13-28)29-14-8-18(9-15-29)19-6-7-22-23(16-19)27-25(30)26-22/h2-7,16,18,21H,8-15,17H2,1H3,(H,26,30). The molecule has 3 aliphatic rings. The van der Waals surface area contributed by atoms with E-state index in [1.54, 1.807) is 12.1 Å². The lowest BCUT2D eigenvalue weighted by Crippen LogP contribution is -2.47. The molecule has 0 saturated carbocycles. The van der Waals surface area contributed by atoms with Crippen molar-refractivity contribution < 1.29 is 13.2 Å². The Morgan fingerprint density at radius 1 is 1.00 bits per heavy atom. The minimum Gasteiger partial charge on any atom is -0.304 e. The largest absolute Gasteiger partial charge is 0.346 e. The summed E-state index contributed by atoms with van der Waals surface area (Å²) in [4.78, 5) is 17.0. The van der Waals surface area contributed by atoms with Crippen LogP contribution in [0.25, 0.3) is 0 Å².